The number of carbonyl (C=O) groups excluding carboxylic acids is 1. The second kappa shape index (κ2) is 3.95. The molecule has 3 nitrogen and oxygen atoms in total. The number of aliphatic hydroxyl groups excluding tert-OH is 1. The molecule has 2 aliphatic carbocycles. The Morgan fingerprint density at radius 3 is 2.68 bits per heavy atom. The van der Waals surface area contributed by atoms with E-state index >= 15 is 0 Å². The van der Waals surface area contributed by atoms with Crippen molar-refractivity contribution in [2.75, 3.05) is 0 Å². The van der Waals surface area contributed by atoms with Gasteiger partial charge in [-0.2, -0.15) is 0 Å². The third kappa shape index (κ3) is 1.64. The van der Waals surface area contributed by atoms with Crippen LogP contribution in [0.3, 0.4) is 0 Å². The number of furan rings is 1. The normalized spacial score (nSPS) is 41.3. The Bertz CT molecular complexity index is 488. The number of hydrogen-bond donors (Lipinski definition) is 1. The maximum Gasteiger partial charge on any atom is 0.169 e. The molecule has 0 amide bonds. The number of ketones is 1. The lowest BCUT2D eigenvalue weighted by Gasteiger charge is -2.49. The van der Waals surface area contributed by atoms with Gasteiger partial charge in [-0.25, -0.2) is 0 Å². The fraction of sp³-hybridized carbons (Fsp3) is 0.688. The summed E-state index contributed by atoms with van der Waals surface area (Å²) in [6.07, 6.45) is 5.63. The highest BCUT2D eigenvalue weighted by atomic mass is 16.3. The largest absolute Gasteiger partial charge is 0.472 e. The lowest BCUT2D eigenvalue weighted by atomic mass is 9.55. The molecule has 1 aromatic heterocycles. The Balaban J connectivity index is 2.10. The van der Waals surface area contributed by atoms with Gasteiger partial charge in [0.2, 0.25) is 0 Å². The monoisotopic (exact) mass is 262 g/mol. The molecule has 0 unspecified atom stereocenters. The molecule has 0 bridgehead atoms. The number of fused-ring (bicyclic) bond motifs is 1. The molecule has 0 saturated heterocycles. The third-order valence-electron chi connectivity index (χ3n) is 5.52. The quantitative estimate of drug-likeness (QED) is 0.846. The van der Waals surface area contributed by atoms with Gasteiger partial charge in [0.15, 0.2) is 5.78 Å². The zero-order chi connectivity index (χ0) is 13.8. The van der Waals surface area contributed by atoms with Crippen molar-refractivity contribution in [3.8, 4) is 0 Å². The summed E-state index contributed by atoms with van der Waals surface area (Å²) < 4.78 is 5.15. The molecule has 0 aliphatic heterocycles. The fourth-order valence-electron chi connectivity index (χ4n) is 4.88. The maximum atomic E-state index is 12.6. The van der Waals surface area contributed by atoms with E-state index in [4.69, 9.17) is 4.42 Å². The van der Waals surface area contributed by atoms with Crippen molar-refractivity contribution in [1.29, 1.82) is 0 Å². The second-order valence-corrected chi connectivity index (χ2v) is 7.16. The summed E-state index contributed by atoms with van der Waals surface area (Å²) in [5, 5.41) is 10.5. The average Bonchev–Trinajstić information content (AvgIpc) is 2.86. The van der Waals surface area contributed by atoms with Crippen molar-refractivity contribution in [3.05, 3.63) is 24.2 Å². The summed E-state index contributed by atoms with van der Waals surface area (Å²) in [5.74, 6) is -0.198. The number of rotatable bonds is 1. The van der Waals surface area contributed by atoms with Crippen LogP contribution in [0.25, 0.3) is 0 Å². The molecule has 104 valence electrons. The minimum absolute atomic E-state index is 0.0144. The molecule has 3 heteroatoms. The molecule has 0 spiro atoms. The van der Waals surface area contributed by atoms with Crippen LogP contribution in [0, 0.1) is 16.7 Å². The van der Waals surface area contributed by atoms with E-state index in [1.54, 1.807) is 12.5 Å². The van der Waals surface area contributed by atoms with Crippen LogP contribution in [0.2, 0.25) is 0 Å². The Morgan fingerprint density at radius 2 is 2.05 bits per heavy atom. The lowest BCUT2D eigenvalue weighted by molar-refractivity contribution is -0.128. The molecular weight excluding hydrogens is 240 g/mol. The summed E-state index contributed by atoms with van der Waals surface area (Å²) in [5.41, 5.74) is 0.787. The van der Waals surface area contributed by atoms with Crippen LogP contribution in [0.1, 0.15) is 51.5 Å². The van der Waals surface area contributed by atoms with Gasteiger partial charge in [0.1, 0.15) is 6.10 Å². The highest BCUT2D eigenvalue weighted by Crippen LogP contribution is 2.63. The summed E-state index contributed by atoms with van der Waals surface area (Å²) in [6.45, 7) is 6.54. The first-order chi connectivity index (χ1) is 8.88. The number of carbonyl (C=O) groups is 1. The highest BCUT2D eigenvalue weighted by Gasteiger charge is 2.63. The Morgan fingerprint density at radius 1 is 1.32 bits per heavy atom. The van der Waals surface area contributed by atoms with Crippen LogP contribution in [0.4, 0.5) is 0 Å². The maximum absolute atomic E-state index is 12.6. The average molecular weight is 262 g/mol. The number of aliphatic hydroxyl groups is 1. The van der Waals surface area contributed by atoms with E-state index in [0.29, 0.717) is 0 Å². The summed E-state index contributed by atoms with van der Waals surface area (Å²) in [7, 11) is 0. The van der Waals surface area contributed by atoms with Gasteiger partial charge in [-0.3, -0.25) is 4.79 Å². The van der Waals surface area contributed by atoms with Crippen LogP contribution in [0.15, 0.2) is 23.0 Å². The first-order valence-corrected chi connectivity index (χ1v) is 7.12. The molecule has 2 aliphatic rings. The van der Waals surface area contributed by atoms with E-state index in [0.717, 1.165) is 24.8 Å². The van der Waals surface area contributed by atoms with Crippen molar-refractivity contribution in [3.63, 3.8) is 0 Å². The molecule has 3 rings (SSSR count). The van der Waals surface area contributed by atoms with Crippen LogP contribution in [0.5, 0.6) is 0 Å². The van der Waals surface area contributed by atoms with Gasteiger partial charge < -0.3 is 9.52 Å². The van der Waals surface area contributed by atoms with Crippen LogP contribution < -0.4 is 0 Å². The van der Waals surface area contributed by atoms with Crippen molar-refractivity contribution in [1.82, 2.24) is 0 Å². The van der Waals surface area contributed by atoms with Crippen molar-refractivity contribution >= 4 is 5.78 Å². The molecular formula is C16H22O3. The highest BCUT2D eigenvalue weighted by molar-refractivity contribution is 5.93. The van der Waals surface area contributed by atoms with E-state index in [1.165, 1.54) is 0 Å². The number of Topliss-reactive ketones (excluding diaryl/α,β-unsaturated/α-hetero) is 1. The van der Waals surface area contributed by atoms with Gasteiger partial charge >= 0.3 is 0 Å². The zero-order valence-electron chi connectivity index (χ0n) is 11.8. The van der Waals surface area contributed by atoms with Crippen LogP contribution in [-0.4, -0.2) is 17.0 Å². The first kappa shape index (κ1) is 12.9. The SMILES string of the molecule is CC1(C)CCC[C@@]2(C)[C@H](c3ccoc3)C(=O)[C@@H](O)[C@@H]12. The van der Waals surface area contributed by atoms with Gasteiger partial charge in [-0.15, -0.1) is 0 Å². The molecule has 19 heavy (non-hydrogen) atoms. The predicted molar refractivity (Wildman–Crippen MR) is 71.7 cm³/mol. The molecule has 2 saturated carbocycles. The molecule has 1 aromatic rings. The van der Waals surface area contributed by atoms with Crippen LogP contribution >= 0.6 is 0 Å². The van der Waals surface area contributed by atoms with E-state index in [1.807, 2.05) is 6.07 Å². The molecule has 4 atom stereocenters. The van der Waals surface area contributed by atoms with Crippen molar-refractivity contribution in [2.24, 2.45) is 16.7 Å². The molecule has 0 aromatic carbocycles. The standard InChI is InChI=1S/C16H22O3/c1-15(2)6-4-7-16(3)11(10-5-8-19-9-10)12(17)13(18)14(15)16/h5,8-9,11,13-14,18H,4,6-7H2,1-3H3/t11-,13-,14+,16+/m1/s1. The van der Waals surface area contributed by atoms with Gasteiger partial charge in [-0.05, 0) is 29.7 Å². The molecule has 1 N–H and O–H groups in total. The Hall–Kier alpha value is -1.09. The van der Waals surface area contributed by atoms with Crippen LogP contribution in [-0.2, 0) is 4.79 Å². The smallest absolute Gasteiger partial charge is 0.169 e. The van der Waals surface area contributed by atoms with Gasteiger partial charge in [0, 0.05) is 11.5 Å². The summed E-state index contributed by atoms with van der Waals surface area (Å²) >= 11 is 0. The van der Waals surface area contributed by atoms with E-state index in [-0.39, 0.29) is 28.4 Å². The third-order valence-corrected chi connectivity index (χ3v) is 5.52. The summed E-state index contributed by atoms with van der Waals surface area (Å²) in [4.78, 5) is 12.6. The van der Waals surface area contributed by atoms with Crippen molar-refractivity contribution in [2.45, 2.75) is 52.1 Å². The minimum Gasteiger partial charge on any atom is -0.472 e. The Kier molecular flexibility index (Phi) is 2.69. The molecule has 2 fully saturated rings. The van der Waals surface area contributed by atoms with E-state index in [9.17, 15) is 9.90 Å². The second-order valence-electron chi connectivity index (χ2n) is 7.16. The van der Waals surface area contributed by atoms with Gasteiger partial charge in [-0.1, -0.05) is 27.2 Å². The molecule has 1 heterocycles. The Labute approximate surface area is 114 Å². The summed E-state index contributed by atoms with van der Waals surface area (Å²) in [6, 6.07) is 1.87. The van der Waals surface area contributed by atoms with Crippen molar-refractivity contribution < 1.29 is 14.3 Å². The topological polar surface area (TPSA) is 50.4 Å². The minimum atomic E-state index is -0.833. The van der Waals surface area contributed by atoms with Gasteiger partial charge in [0.25, 0.3) is 0 Å². The predicted octanol–water partition coefficient (Wildman–Crippen LogP) is 3.14. The van der Waals surface area contributed by atoms with E-state index < -0.39 is 6.10 Å². The lowest BCUT2D eigenvalue weighted by Crippen LogP contribution is -2.44. The van der Waals surface area contributed by atoms with E-state index in [2.05, 4.69) is 20.8 Å². The zero-order valence-corrected chi connectivity index (χ0v) is 11.8. The number of hydrogen-bond acceptors (Lipinski definition) is 3. The molecule has 0 radical (unpaired) electrons. The fourth-order valence-corrected chi connectivity index (χ4v) is 4.88. The first-order valence-electron chi connectivity index (χ1n) is 7.12. The van der Waals surface area contributed by atoms with Gasteiger partial charge in [0.05, 0.1) is 18.4 Å².